The van der Waals surface area contributed by atoms with Crippen molar-refractivity contribution in [2.75, 3.05) is 0 Å². The lowest BCUT2D eigenvalue weighted by Gasteiger charge is -2.17. The van der Waals surface area contributed by atoms with Gasteiger partial charge in [0, 0.05) is 18.5 Å². The minimum atomic E-state index is 0.286. The van der Waals surface area contributed by atoms with Crippen molar-refractivity contribution in [1.29, 1.82) is 0 Å². The van der Waals surface area contributed by atoms with E-state index in [2.05, 4.69) is 36.6 Å². The first-order valence-electron chi connectivity index (χ1n) is 7.43. The van der Waals surface area contributed by atoms with Crippen LogP contribution in [0.15, 0.2) is 18.2 Å². The van der Waals surface area contributed by atoms with E-state index in [9.17, 15) is 0 Å². The molecule has 0 radical (unpaired) electrons. The van der Waals surface area contributed by atoms with Gasteiger partial charge in [-0.2, -0.15) is 0 Å². The molecule has 1 heterocycles. The molecule has 3 nitrogen and oxygen atoms in total. The van der Waals surface area contributed by atoms with Gasteiger partial charge in [0.25, 0.3) is 0 Å². The number of benzene rings is 1. The molecule has 1 aliphatic rings. The first kappa shape index (κ1) is 12.7. The summed E-state index contributed by atoms with van der Waals surface area (Å²) in [6.07, 6.45) is 4.70. The highest BCUT2D eigenvalue weighted by atomic mass is 15.1. The van der Waals surface area contributed by atoms with Crippen molar-refractivity contribution < 1.29 is 0 Å². The third-order valence-electron chi connectivity index (χ3n) is 4.28. The van der Waals surface area contributed by atoms with E-state index in [0.717, 1.165) is 24.9 Å². The normalized spacial score (nSPS) is 23.3. The van der Waals surface area contributed by atoms with E-state index in [0.29, 0.717) is 5.92 Å². The maximum absolute atomic E-state index is 6.27. The van der Waals surface area contributed by atoms with Crippen LogP contribution in [0.25, 0.3) is 11.0 Å². The lowest BCUT2D eigenvalue weighted by Crippen LogP contribution is -2.25. The number of hydrogen-bond acceptors (Lipinski definition) is 2. The molecule has 1 aromatic carbocycles. The lowest BCUT2D eigenvalue weighted by molar-refractivity contribution is 0.538. The van der Waals surface area contributed by atoms with E-state index in [1.807, 2.05) is 0 Å². The Kier molecular flexibility index (Phi) is 3.31. The summed E-state index contributed by atoms with van der Waals surface area (Å²) < 4.78 is 2.39. The number of fused-ring (bicyclic) bond motifs is 1. The third-order valence-corrected chi connectivity index (χ3v) is 4.28. The van der Waals surface area contributed by atoms with Gasteiger partial charge in [0.05, 0.1) is 11.0 Å². The van der Waals surface area contributed by atoms with Crippen LogP contribution in [0.4, 0.5) is 0 Å². The molecule has 0 aliphatic heterocycles. The molecule has 2 aromatic rings. The largest absolute Gasteiger partial charge is 0.328 e. The van der Waals surface area contributed by atoms with Crippen molar-refractivity contribution in [2.24, 2.45) is 5.73 Å². The van der Waals surface area contributed by atoms with Crippen LogP contribution in [-0.2, 0) is 6.54 Å². The minimum absolute atomic E-state index is 0.286. The van der Waals surface area contributed by atoms with Crippen molar-refractivity contribution in [3.05, 3.63) is 29.6 Å². The molecule has 0 saturated heterocycles. The zero-order valence-corrected chi connectivity index (χ0v) is 11.9. The fraction of sp³-hybridized carbons (Fsp3) is 0.562. The first-order chi connectivity index (χ1) is 9.20. The van der Waals surface area contributed by atoms with Crippen LogP contribution in [0.1, 0.15) is 49.9 Å². The Morgan fingerprint density at radius 3 is 2.89 bits per heavy atom. The molecule has 102 valence electrons. The van der Waals surface area contributed by atoms with E-state index in [-0.39, 0.29) is 6.04 Å². The molecule has 19 heavy (non-hydrogen) atoms. The summed E-state index contributed by atoms with van der Waals surface area (Å²) in [4.78, 5) is 4.91. The Balaban J connectivity index is 2.13. The summed E-state index contributed by atoms with van der Waals surface area (Å²) >= 11 is 0. The molecule has 3 heteroatoms. The molecule has 2 unspecified atom stereocenters. The van der Waals surface area contributed by atoms with Gasteiger partial charge in [-0.25, -0.2) is 4.98 Å². The smallest absolute Gasteiger partial charge is 0.114 e. The van der Waals surface area contributed by atoms with Gasteiger partial charge in [0.1, 0.15) is 5.82 Å². The Morgan fingerprint density at radius 1 is 1.37 bits per heavy atom. The van der Waals surface area contributed by atoms with Crippen molar-refractivity contribution in [3.63, 3.8) is 0 Å². The van der Waals surface area contributed by atoms with Gasteiger partial charge >= 0.3 is 0 Å². The summed E-state index contributed by atoms with van der Waals surface area (Å²) in [5.41, 5.74) is 9.94. The Labute approximate surface area is 114 Å². The van der Waals surface area contributed by atoms with E-state index >= 15 is 0 Å². The predicted octanol–water partition coefficient (Wildman–Crippen LogP) is 3.35. The predicted molar refractivity (Wildman–Crippen MR) is 79.3 cm³/mol. The maximum atomic E-state index is 6.27. The molecule has 2 N–H and O–H groups in total. The Hall–Kier alpha value is -1.35. The third kappa shape index (κ3) is 2.16. The molecule has 0 bridgehead atoms. The topological polar surface area (TPSA) is 43.8 Å². The van der Waals surface area contributed by atoms with Crippen molar-refractivity contribution >= 4 is 11.0 Å². The molecule has 3 rings (SSSR count). The number of rotatable bonds is 3. The van der Waals surface area contributed by atoms with Gasteiger partial charge in [0.15, 0.2) is 0 Å². The number of hydrogen-bond donors (Lipinski definition) is 1. The average molecular weight is 257 g/mol. The van der Waals surface area contributed by atoms with Crippen LogP contribution >= 0.6 is 0 Å². The fourth-order valence-corrected chi connectivity index (χ4v) is 3.31. The molecule has 0 amide bonds. The molecule has 1 aliphatic carbocycles. The standard InChI is InChI=1S/C16H23N3/c1-3-9-19-15-8-7-11(2)10-14(15)18-16(19)12-5-4-6-13(12)17/h7-8,10,12-13H,3-6,9,17H2,1-2H3. The van der Waals surface area contributed by atoms with E-state index < -0.39 is 0 Å². The molecule has 1 saturated carbocycles. The van der Waals surface area contributed by atoms with Gasteiger partial charge in [-0.15, -0.1) is 0 Å². The molecule has 0 spiro atoms. The second kappa shape index (κ2) is 4.97. The van der Waals surface area contributed by atoms with Crippen LogP contribution in [0, 0.1) is 6.92 Å². The average Bonchev–Trinajstić information content (AvgIpc) is 2.94. The van der Waals surface area contributed by atoms with Crippen molar-refractivity contribution in [3.8, 4) is 0 Å². The monoisotopic (exact) mass is 257 g/mol. The molecular weight excluding hydrogens is 234 g/mol. The maximum Gasteiger partial charge on any atom is 0.114 e. The number of nitrogens with two attached hydrogens (primary N) is 1. The van der Waals surface area contributed by atoms with Gasteiger partial charge in [-0.1, -0.05) is 19.4 Å². The van der Waals surface area contributed by atoms with Crippen molar-refractivity contribution in [2.45, 2.75) is 58.0 Å². The van der Waals surface area contributed by atoms with Gasteiger partial charge in [-0.3, -0.25) is 0 Å². The van der Waals surface area contributed by atoms with Gasteiger partial charge in [-0.05, 0) is 43.9 Å². The highest BCUT2D eigenvalue weighted by molar-refractivity contribution is 5.77. The van der Waals surface area contributed by atoms with Gasteiger partial charge in [0.2, 0.25) is 0 Å². The van der Waals surface area contributed by atoms with Gasteiger partial charge < -0.3 is 10.3 Å². The van der Waals surface area contributed by atoms with Crippen molar-refractivity contribution in [1.82, 2.24) is 9.55 Å². The zero-order valence-electron chi connectivity index (χ0n) is 11.9. The van der Waals surface area contributed by atoms with Crippen LogP contribution in [0.5, 0.6) is 0 Å². The summed E-state index contributed by atoms with van der Waals surface area (Å²) in [7, 11) is 0. The van der Waals surface area contributed by atoms with Crippen LogP contribution in [0.2, 0.25) is 0 Å². The highest BCUT2D eigenvalue weighted by Gasteiger charge is 2.29. The quantitative estimate of drug-likeness (QED) is 0.916. The molecular formula is C16H23N3. The van der Waals surface area contributed by atoms with Crippen LogP contribution in [0.3, 0.4) is 0 Å². The fourth-order valence-electron chi connectivity index (χ4n) is 3.31. The van der Waals surface area contributed by atoms with E-state index in [4.69, 9.17) is 10.7 Å². The Bertz CT molecular complexity index is 585. The molecule has 1 fully saturated rings. The SMILES string of the molecule is CCCn1c(C2CCCC2N)nc2cc(C)ccc21. The van der Waals surface area contributed by atoms with Crippen LogP contribution < -0.4 is 5.73 Å². The first-order valence-corrected chi connectivity index (χ1v) is 7.43. The number of aryl methyl sites for hydroxylation is 2. The second-order valence-electron chi connectivity index (χ2n) is 5.82. The number of imidazole rings is 1. The highest BCUT2D eigenvalue weighted by Crippen LogP contribution is 2.34. The Morgan fingerprint density at radius 2 is 2.21 bits per heavy atom. The van der Waals surface area contributed by atoms with E-state index in [1.54, 1.807) is 0 Å². The van der Waals surface area contributed by atoms with Crippen LogP contribution in [-0.4, -0.2) is 15.6 Å². The van der Waals surface area contributed by atoms with E-state index in [1.165, 1.54) is 29.7 Å². The molecule has 2 atom stereocenters. The summed E-state index contributed by atoms with van der Waals surface area (Å²) in [5.74, 6) is 1.66. The zero-order chi connectivity index (χ0) is 13.4. The lowest BCUT2D eigenvalue weighted by atomic mass is 10.0. The summed E-state index contributed by atoms with van der Waals surface area (Å²) in [5, 5.41) is 0. The minimum Gasteiger partial charge on any atom is -0.328 e. The summed E-state index contributed by atoms with van der Waals surface area (Å²) in [6.45, 7) is 5.38. The summed E-state index contributed by atoms with van der Waals surface area (Å²) in [6, 6.07) is 6.85. The molecule has 1 aromatic heterocycles. The second-order valence-corrected chi connectivity index (χ2v) is 5.82. The number of nitrogens with zero attached hydrogens (tertiary/aromatic N) is 2. The number of aromatic nitrogens is 2.